The molecule has 0 bridgehead atoms. The van der Waals surface area contributed by atoms with Gasteiger partial charge in [-0.25, -0.2) is 0 Å². The molecular formula is C13H27F3N2. The molecule has 0 saturated heterocycles. The van der Waals surface area contributed by atoms with Gasteiger partial charge in [-0.2, -0.15) is 13.2 Å². The Morgan fingerprint density at radius 1 is 1.11 bits per heavy atom. The van der Waals surface area contributed by atoms with E-state index in [9.17, 15) is 13.2 Å². The Labute approximate surface area is 109 Å². The lowest BCUT2D eigenvalue weighted by Crippen LogP contribution is -2.57. The zero-order valence-electron chi connectivity index (χ0n) is 12.0. The Bertz CT molecular complexity index is 227. The van der Waals surface area contributed by atoms with Crippen molar-refractivity contribution >= 4 is 0 Å². The Morgan fingerprint density at radius 2 is 1.61 bits per heavy atom. The van der Waals surface area contributed by atoms with Gasteiger partial charge >= 0.3 is 6.18 Å². The van der Waals surface area contributed by atoms with Crippen molar-refractivity contribution in [3.05, 3.63) is 0 Å². The standard InChI is InChI=1S/C13H27F3N2/c1-5-12(4,18(6-2)7-3)11(17)9-8-10-13(14,15)16/h11H,5-10,17H2,1-4H3. The normalized spacial score (nSPS) is 17.8. The van der Waals surface area contributed by atoms with Gasteiger partial charge in [0.05, 0.1) is 0 Å². The SMILES string of the molecule is CCN(CC)C(C)(CC)C(N)CCCC(F)(F)F. The third-order valence-electron chi connectivity index (χ3n) is 3.98. The molecule has 0 aliphatic rings. The topological polar surface area (TPSA) is 29.3 Å². The molecule has 0 aromatic heterocycles. The number of hydrogen-bond acceptors (Lipinski definition) is 2. The van der Waals surface area contributed by atoms with E-state index in [1.54, 1.807) is 0 Å². The molecule has 2 unspecified atom stereocenters. The van der Waals surface area contributed by atoms with Crippen molar-refractivity contribution in [2.75, 3.05) is 13.1 Å². The van der Waals surface area contributed by atoms with Gasteiger partial charge in [-0.15, -0.1) is 0 Å². The lowest BCUT2D eigenvalue weighted by atomic mass is 9.84. The van der Waals surface area contributed by atoms with E-state index in [1.807, 2.05) is 6.92 Å². The number of likely N-dealkylation sites (N-methyl/N-ethyl adjacent to an activating group) is 1. The van der Waals surface area contributed by atoms with E-state index >= 15 is 0 Å². The maximum absolute atomic E-state index is 12.1. The van der Waals surface area contributed by atoms with Crippen LogP contribution in [-0.2, 0) is 0 Å². The highest BCUT2D eigenvalue weighted by molar-refractivity contribution is 4.93. The summed E-state index contributed by atoms with van der Waals surface area (Å²) in [5, 5.41) is 0. The van der Waals surface area contributed by atoms with Crippen LogP contribution >= 0.6 is 0 Å². The fraction of sp³-hybridized carbons (Fsp3) is 1.00. The third-order valence-corrected chi connectivity index (χ3v) is 3.98. The Hall–Kier alpha value is -0.290. The lowest BCUT2D eigenvalue weighted by Gasteiger charge is -2.44. The molecular weight excluding hydrogens is 241 g/mol. The van der Waals surface area contributed by atoms with Gasteiger partial charge in [-0.1, -0.05) is 20.8 Å². The van der Waals surface area contributed by atoms with Crippen molar-refractivity contribution in [2.24, 2.45) is 5.73 Å². The molecule has 0 aliphatic carbocycles. The quantitative estimate of drug-likeness (QED) is 0.729. The minimum Gasteiger partial charge on any atom is -0.326 e. The number of rotatable bonds is 8. The zero-order valence-corrected chi connectivity index (χ0v) is 12.0. The Morgan fingerprint density at radius 3 is 1.94 bits per heavy atom. The van der Waals surface area contributed by atoms with Crippen molar-refractivity contribution < 1.29 is 13.2 Å². The molecule has 0 heterocycles. The van der Waals surface area contributed by atoms with Crippen LogP contribution in [0.2, 0.25) is 0 Å². The van der Waals surface area contributed by atoms with Crippen molar-refractivity contribution in [1.29, 1.82) is 0 Å². The Kier molecular flexibility index (Phi) is 7.22. The molecule has 0 aromatic carbocycles. The predicted octanol–water partition coefficient (Wildman–Crippen LogP) is 3.56. The largest absolute Gasteiger partial charge is 0.389 e. The highest BCUT2D eigenvalue weighted by Crippen LogP contribution is 2.28. The van der Waals surface area contributed by atoms with Crippen LogP contribution in [0.1, 0.15) is 53.4 Å². The first-order valence-electron chi connectivity index (χ1n) is 6.78. The summed E-state index contributed by atoms with van der Waals surface area (Å²) < 4.78 is 36.4. The molecule has 0 aromatic rings. The first-order chi connectivity index (χ1) is 8.21. The minimum atomic E-state index is -4.07. The third kappa shape index (κ3) is 5.14. The molecule has 2 N–H and O–H groups in total. The predicted molar refractivity (Wildman–Crippen MR) is 69.5 cm³/mol. The molecule has 5 heteroatoms. The molecule has 0 aliphatic heterocycles. The summed E-state index contributed by atoms with van der Waals surface area (Å²) in [6, 6.07) is -0.218. The molecule has 0 spiro atoms. The minimum absolute atomic E-state index is 0.113. The highest BCUT2D eigenvalue weighted by atomic mass is 19.4. The lowest BCUT2D eigenvalue weighted by molar-refractivity contribution is -0.136. The van der Waals surface area contributed by atoms with Gasteiger partial charge in [0.1, 0.15) is 0 Å². The van der Waals surface area contributed by atoms with Crippen molar-refractivity contribution in [1.82, 2.24) is 4.90 Å². The number of hydrogen-bond donors (Lipinski definition) is 1. The molecule has 0 saturated carbocycles. The first kappa shape index (κ1) is 17.7. The number of halogens is 3. The summed E-state index contributed by atoms with van der Waals surface area (Å²) in [5.74, 6) is 0. The molecule has 18 heavy (non-hydrogen) atoms. The smallest absolute Gasteiger partial charge is 0.326 e. The second-order valence-corrected chi connectivity index (χ2v) is 5.00. The summed E-state index contributed by atoms with van der Waals surface area (Å²) in [6.07, 6.45) is -3.43. The van der Waals surface area contributed by atoms with Gasteiger partial charge in [0.15, 0.2) is 0 Å². The summed E-state index contributed by atoms with van der Waals surface area (Å²) >= 11 is 0. The monoisotopic (exact) mass is 268 g/mol. The van der Waals surface area contributed by atoms with E-state index in [4.69, 9.17) is 5.73 Å². The van der Waals surface area contributed by atoms with Gasteiger partial charge in [0.25, 0.3) is 0 Å². The van der Waals surface area contributed by atoms with Crippen LogP contribution in [0, 0.1) is 0 Å². The van der Waals surface area contributed by atoms with Gasteiger partial charge in [-0.3, -0.25) is 4.90 Å². The summed E-state index contributed by atoms with van der Waals surface area (Å²) in [4.78, 5) is 2.24. The van der Waals surface area contributed by atoms with Crippen LogP contribution in [0.4, 0.5) is 13.2 Å². The second kappa shape index (κ2) is 7.34. The number of nitrogens with two attached hydrogens (primary N) is 1. The maximum atomic E-state index is 12.1. The number of alkyl halides is 3. The molecule has 0 fully saturated rings. The van der Waals surface area contributed by atoms with Crippen molar-refractivity contribution in [3.63, 3.8) is 0 Å². The fourth-order valence-electron chi connectivity index (χ4n) is 2.50. The molecule has 2 nitrogen and oxygen atoms in total. The van der Waals surface area contributed by atoms with E-state index in [2.05, 4.69) is 25.7 Å². The van der Waals surface area contributed by atoms with Crippen LogP contribution < -0.4 is 5.73 Å². The zero-order chi connectivity index (χ0) is 14.4. The number of nitrogens with zero attached hydrogens (tertiary/aromatic N) is 1. The van der Waals surface area contributed by atoms with Crippen molar-refractivity contribution in [3.8, 4) is 0 Å². The average molecular weight is 268 g/mol. The maximum Gasteiger partial charge on any atom is 0.389 e. The fourth-order valence-corrected chi connectivity index (χ4v) is 2.50. The molecule has 110 valence electrons. The second-order valence-electron chi connectivity index (χ2n) is 5.00. The molecule has 0 amide bonds. The molecule has 2 atom stereocenters. The van der Waals surface area contributed by atoms with Crippen LogP contribution in [0.25, 0.3) is 0 Å². The van der Waals surface area contributed by atoms with E-state index < -0.39 is 12.6 Å². The molecule has 0 rings (SSSR count). The van der Waals surface area contributed by atoms with Crippen LogP contribution in [0.3, 0.4) is 0 Å². The highest BCUT2D eigenvalue weighted by Gasteiger charge is 2.35. The first-order valence-corrected chi connectivity index (χ1v) is 6.78. The van der Waals surface area contributed by atoms with Gasteiger partial charge < -0.3 is 5.73 Å². The van der Waals surface area contributed by atoms with Gasteiger partial charge in [0, 0.05) is 18.0 Å². The molecule has 0 radical (unpaired) electrons. The average Bonchev–Trinajstić information content (AvgIpc) is 2.28. The summed E-state index contributed by atoms with van der Waals surface area (Å²) in [5.41, 5.74) is 5.92. The van der Waals surface area contributed by atoms with Crippen LogP contribution in [-0.4, -0.2) is 35.7 Å². The van der Waals surface area contributed by atoms with Gasteiger partial charge in [0.2, 0.25) is 0 Å². The summed E-state index contributed by atoms with van der Waals surface area (Å²) in [6.45, 7) is 9.95. The van der Waals surface area contributed by atoms with E-state index in [-0.39, 0.29) is 18.0 Å². The van der Waals surface area contributed by atoms with Crippen LogP contribution in [0.15, 0.2) is 0 Å². The van der Waals surface area contributed by atoms with Crippen LogP contribution in [0.5, 0.6) is 0 Å². The van der Waals surface area contributed by atoms with Gasteiger partial charge in [-0.05, 0) is 39.3 Å². The van der Waals surface area contributed by atoms with E-state index in [0.717, 1.165) is 19.5 Å². The Balaban J connectivity index is 4.46. The summed E-state index contributed by atoms with van der Waals surface area (Å²) in [7, 11) is 0. The van der Waals surface area contributed by atoms with Crippen molar-refractivity contribution in [2.45, 2.75) is 71.1 Å². The van der Waals surface area contributed by atoms with E-state index in [1.165, 1.54) is 0 Å². The van der Waals surface area contributed by atoms with E-state index in [0.29, 0.717) is 6.42 Å².